The van der Waals surface area contributed by atoms with Gasteiger partial charge in [-0.3, -0.25) is 4.99 Å². The lowest BCUT2D eigenvalue weighted by atomic mass is 10.2. The zero-order chi connectivity index (χ0) is 20.4. The van der Waals surface area contributed by atoms with Crippen molar-refractivity contribution in [1.82, 2.24) is 15.4 Å². The Hall–Kier alpha value is -1.34. The van der Waals surface area contributed by atoms with Crippen LogP contribution in [0.4, 0.5) is 0 Å². The third-order valence-electron chi connectivity index (χ3n) is 3.52. The molecule has 0 saturated carbocycles. The standard InChI is InChI=1S/C18H23ClN4O3S2.HI/c1-3-12-26-15-7-5-4-6-14(15)13-22-18(20-2)21-10-11-23-28(24,25)17-9-8-16(19)27-17;/h3-9,23H,1,10-13H2,2H3,(H2,20,21,22);1H. The van der Waals surface area contributed by atoms with Crippen LogP contribution in [0.1, 0.15) is 5.56 Å². The molecular weight excluding hydrogens is 547 g/mol. The molecule has 1 aromatic carbocycles. The molecule has 3 N–H and O–H groups in total. The van der Waals surface area contributed by atoms with Crippen molar-refractivity contribution < 1.29 is 13.2 Å². The Morgan fingerprint density at radius 3 is 2.66 bits per heavy atom. The number of halogens is 2. The van der Waals surface area contributed by atoms with E-state index in [1.54, 1.807) is 19.2 Å². The SMILES string of the molecule is C=CCOc1ccccc1CNC(=NC)NCCNS(=O)(=O)c1ccc(Cl)s1.I. The molecule has 0 radical (unpaired) electrons. The van der Waals surface area contributed by atoms with Gasteiger partial charge in [-0.2, -0.15) is 0 Å². The summed E-state index contributed by atoms with van der Waals surface area (Å²) in [6, 6.07) is 10.7. The van der Waals surface area contributed by atoms with Gasteiger partial charge >= 0.3 is 0 Å². The van der Waals surface area contributed by atoms with Gasteiger partial charge in [-0.1, -0.05) is 42.5 Å². The third-order valence-corrected chi connectivity index (χ3v) is 6.71. The first-order valence-electron chi connectivity index (χ1n) is 8.47. The van der Waals surface area contributed by atoms with Crippen LogP contribution in [-0.4, -0.2) is 41.1 Å². The Balaban J connectivity index is 0.00000420. The topological polar surface area (TPSA) is 91.8 Å². The molecule has 0 saturated heterocycles. The Morgan fingerprint density at radius 1 is 1.24 bits per heavy atom. The Kier molecular flexibility index (Phi) is 11.6. The largest absolute Gasteiger partial charge is 0.489 e. The fourth-order valence-corrected chi connectivity index (χ4v) is 4.78. The number of para-hydroxylation sites is 1. The van der Waals surface area contributed by atoms with E-state index >= 15 is 0 Å². The number of nitrogens with one attached hydrogen (secondary N) is 3. The molecule has 11 heteroatoms. The summed E-state index contributed by atoms with van der Waals surface area (Å²) in [5.41, 5.74) is 0.975. The highest BCUT2D eigenvalue weighted by Crippen LogP contribution is 2.25. The fourth-order valence-electron chi connectivity index (χ4n) is 2.22. The van der Waals surface area contributed by atoms with E-state index in [4.69, 9.17) is 16.3 Å². The van der Waals surface area contributed by atoms with Crippen molar-refractivity contribution in [2.24, 2.45) is 4.99 Å². The van der Waals surface area contributed by atoms with E-state index in [9.17, 15) is 8.42 Å². The third kappa shape index (κ3) is 8.51. The minimum absolute atomic E-state index is 0. The van der Waals surface area contributed by atoms with E-state index in [-0.39, 0.29) is 34.7 Å². The summed E-state index contributed by atoms with van der Waals surface area (Å²) in [6.07, 6.45) is 1.69. The molecule has 0 spiro atoms. The molecule has 1 heterocycles. The zero-order valence-corrected chi connectivity index (χ0v) is 20.6. The molecule has 0 fully saturated rings. The van der Waals surface area contributed by atoms with Gasteiger partial charge in [-0.15, -0.1) is 35.3 Å². The van der Waals surface area contributed by atoms with Gasteiger partial charge in [0.15, 0.2) is 5.96 Å². The second kappa shape index (κ2) is 13.1. The molecular formula is C18H24ClIN4O3S2. The number of hydrogen-bond donors (Lipinski definition) is 3. The highest BCUT2D eigenvalue weighted by molar-refractivity contribution is 14.0. The molecule has 0 amide bonds. The van der Waals surface area contributed by atoms with Crippen LogP contribution in [0, 0.1) is 0 Å². The maximum Gasteiger partial charge on any atom is 0.250 e. The smallest absolute Gasteiger partial charge is 0.250 e. The van der Waals surface area contributed by atoms with E-state index in [0.717, 1.165) is 22.6 Å². The van der Waals surface area contributed by atoms with Crippen molar-refractivity contribution >= 4 is 62.9 Å². The Labute approximate surface area is 197 Å². The van der Waals surface area contributed by atoms with Gasteiger partial charge in [0.1, 0.15) is 16.6 Å². The quantitative estimate of drug-likeness (QED) is 0.134. The first-order valence-corrected chi connectivity index (χ1v) is 11.1. The summed E-state index contributed by atoms with van der Waals surface area (Å²) < 4.78 is 33.1. The lowest BCUT2D eigenvalue weighted by molar-refractivity contribution is 0.358. The molecule has 0 aliphatic rings. The van der Waals surface area contributed by atoms with Gasteiger partial charge in [-0.25, -0.2) is 13.1 Å². The highest BCUT2D eigenvalue weighted by Gasteiger charge is 2.15. The number of thiophene rings is 1. The monoisotopic (exact) mass is 570 g/mol. The summed E-state index contributed by atoms with van der Waals surface area (Å²) in [4.78, 5) is 4.14. The maximum atomic E-state index is 12.1. The number of benzene rings is 1. The molecule has 0 aliphatic carbocycles. The van der Waals surface area contributed by atoms with E-state index < -0.39 is 10.0 Å². The number of sulfonamides is 1. The summed E-state index contributed by atoms with van der Waals surface area (Å²) in [5, 5.41) is 6.24. The van der Waals surface area contributed by atoms with Crippen molar-refractivity contribution in [2.45, 2.75) is 10.8 Å². The maximum absolute atomic E-state index is 12.1. The van der Waals surface area contributed by atoms with Crippen molar-refractivity contribution in [2.75, 3.05) is 26.7 Å². The number of nitrogens with zero attached hydrogens (tertiary/aromatic N) is 1. The van der Waals surface area contributed by atoms with Crippen LogP contribution < -0.4 is 20.1 Å². The van der Waals surface area contributed by atoms with Crippen LogP contribution in [0.3, 0.4) is 0 Å². The van der Waals surface area contributed by atoms with Crippen molar-refractivity contribution in [3.05, 3.63) is 59.0 Å². The van der Waals surface area contributed by atoms with Crippen molar-refractivity contribution in [3.8, 4) is 5.75 Å². The number of rotatable bonds is 10. The normalized spacial score (nSPS) is 11.4. The summed E-state index contributed by atoms with van der Waals surface area (Å²) in [6.45, 7) is 5.16. The average Bonchev–Trinajstić information content (AvgIpc) is 3.14. The zero-order valence-electron chi connectivity index (χ0n) is 15.9. The van der Waals surface area contributed by atoms with Gasteiger partial charge in [0.2, 0.25) is 10.0 Å². The molecule has 160 valence electrons. The second-order valence-corrected chi connectivity index (χ2v) is 9.23. The van der Waals surface area contributed by atoms with Gasteiger partial charge in [0.25, 0.3) is 0 Å². The van der Waals surface area contributed by atoms with Crippen LogP contribution in [0.5, 0.6) is 5.75 Å². The van der Waals surface area contributed by atoms with Gasteiger partial charge < -0.3 is 15.4 Å². The molecule has 1 aromatic heterocycles. The molecule has 2 aromatic rings. The minimum atomic E-state index is -3.55. The predicted molar refractivity (Wildman–Crippen MR) is 130 cm³/mol. The van der Waals surface area contributed by atoms with Crippen LogP contribution in [-0.2, 0) is 16.6 Å². The summed E-state index contributed by atoms with van der Waals surface area (Å²) in [7, 11) is -1.91. The lowest BCUT2D eigenvalue weighted by Crippen LogP contribution is -2.41. The fraction of sp³-hybridized carbons (Fsp3) is 0.278. The minimum Gasteiger partial charge on any atom is -0.489 e. The van der Waals surface area contributed by atoms with Gasteiger partial charge in [-0.05, 0) is 18.2 Å². The molecule has 0 atom stereocenters. The van der Waals surface area contributed by atoms with Crippen molar-refractivity contribution in [3.63, 3.8) is 0 Å². The summed E-state index contributed by atoms with van der Waals surface area (Å²) >= 11 is 6.81. The lowest BCUT2D eigenvalue weighted by Gasteiger charge is -2.14. The Morgan fingerprint density at radius 2 is 2.00 bits per heavy atom. The first-order chi connectivity index (χ1) is 13.5. The molecule has 7 nitrogen and oxygen atoms in total. The molecule has 0 aliphatic heterocycles. The van der Waals surface area contributed by atoms with E-state index in [1.807, 2.05) is 24.3 Å². The van der Waals surface area contributed by atoms with Crippen LogP contribution in [0.25, 0.3) is 0 Å². The summed E-state index contributed by atoms with van der Waals surface area (Å²) in [5.74, 6) is 1.32. The van der Waals surface area contributed by atoms with E-state index in [2.05, 4.69) is 26.9 Å². The number of aliphatic imine (C=N–C) groups is 1. The molecule has 0 unspecified atom stereocenters. The number of guanidine groups is 1. The van der Waals surface area contributed by atoms with E-state index in [1.165, 1.54) is 6.07 Å². The Bertz CT molecular complexity index is 919. The average molecular weight is 571 g/mol. The number of ether oxygens (including phenoxy) is 1. The second-order valence-electron chi connectivity index (χ2n) is 5.52. The molecule has 0 bridgehead atoms. The van der Waals surface area contributed by atoms with E-state index in [0.29, 0.717) is 30.0 Å². The van der Waals surface area contributed by atoms with Gasteiger partial charge in [0, 0.05) is 32.2 Å². The van der Waals surface area contributed by atoms with Crippen LogP contribution in [0.2, 0.25) is 4.34 Å². The first kappa shape index (κ1) is 25.7. The number of hydrogen-bond acceptors (Lipinski definition) is 5. The molecule has 29 heavy (non-hydrogen) atoms. The van der Waals surface area contributed by atoms with Crippen LogP contribution in [0.15, 0.2) is 58.3 Å². The van der Waals surface area contributed by atoms with Gasteiger partial charge in [0.05, 0.1) is 4.34 Å². The van der Waals surface area contributed by atoms with Crippen LogP contribution >= 0.6 is 46.9 Å². The predicted octanol–water partition coefficient (Wildman–Crippen LogP) is 3.23. The molecule has 2 rings (SSSR count). The highest BCUT2D eigenvalue weighted by atomic mass is 127. The van der Waals surface area contributed by atoms with Crippen molar-refractivity contribution in [1.29, 1.82) is 0 Å².